The molecule has 3 saturated heterocycles. The molecule has 3 aromatic carbocycles. The third-order valence-electron chi connectivity index (χ3n) is 9.33. The van der Waals surface area contributed by atoms with Crippen molar-refractivity contribution in [3.05, 3.63) is 94.0 Å². The van der Waals surface area contributed by atoms with Crippen LogP contribution in [-0.4, -0.2) is 151 Å². The minimum Gasteiger partial charge on any atom is -0.465 e. The average Bonchev–Trinajstić information content (AvgIpc) is 3.28. The highest BCUT2D eigenvalue weighted by Crippen LogP contribution is 2.21. The minimum atomic E-state index is -0.483. The predicted molar refractivity (Wildman–Crippen MR) is 247 cm³/mol. The first-order valence-corrected chi connectivity index (χ1v) is 21.7. The number of carbonyl (C=O) groups is 5. The first kappa shape index (κ1) is 52.0. The number of nitrogens with zero attached hydrogens (tertiary/aromatic N) is 4. The van der Waals surface area contributed by atoms with Crippen molar-refractivity contribution in [2.45, 2.75) is 52.7 Å². The molecule has 6 rings (SSSR count). The van der Waals surface area contributed by atoms with Gasteiger partial charge in [-0.05, 0) is 96.1 Å². The van der Waals surface area contributed by atoms with E-state index in [9.17, 15) is 24.0 Å². The molecular formula is C46H65BrN6O10. The molecule has 0 saturated carbocycles. The molecule has 3 aromatic rings. The van der Waals surface area contributed by atoms with E-state index < -0.39 is 5.60 Å². The molecule has 0 aliphatic carbocycles. The van der Waals surface area contributed by atoms with Gasteiger partial charge in [0, 0.05) is 94.4 Å². The maximum Gasteiger partial charge on any atom is 0.410 e. The highest BCUT2D eigenvalue weighted by Gasteiger charge is 2.26. The van der Waals surface area contributed by atoms with Gasteiger partial charge in [0.15, 0.2) is 0 Å². The van der Waals surface area contributed by atoms with E-state index in [0.717, 1.165) is 68.2 Å². The summed E-state index contributed by atoms with van der Waals surface area (Å²) in [5.74, 6) is -0.942. The van der Waals surface area contributed by atoms with Crippen LogP contribution in [0.15, 0.2) is 77.3 Å². The van der Waals surface area contributed by atoms with Crippen molar-refractivity contribution in [2.75, 3.05) is 110 Å². The lowest BCUT2D eigenvalue weighted by molar-refractivity contribution is 0.0223. The van der Waals surface area contributed by atoms with Crippen molar-refractivity contribution in [3.8, 4) is 0 Å². The molecule has 3 heterocycles. The van der Waals surface area contributed by atoms with E-state index in [0.29, 0.717) is 42.9 Å². The maximum absolute atomic E-state index is 12.1. The zero-order chi connectivity index (χ0) is 46.6. The van der Waals surface area contributed by atoms with Crippen LogP contribution in [0.3, 0.4) is 0 Å². The second-order valence-electron chi connectivity index (χ2n) is 16.5. The van der Waals surface area contributed by atoms with Crippen LogP contribution in [0.4, 0.5) is 21.0 Å². The van der Waals surface area contributed by atoms with Gasteiger partial charge < -0.3 is 53.9 Å². The molecule has 0 atom stereocenters. The fourth-order valence-corrected chi connectivity index (χ4v) is 6.60. The molecular weight excluding hydrogens is 876 g/mol. The molecule has 2 amide bonds. The molecule has 2 N–H and O–H groups in total. The molecule has 63 heavy (non-hydrogen) atoms. The first-order valence-electron chi connectivity index (χ1n) is 20.9. The van der Waals surface area contributed by atoms with E-state index in [4.69, 9.17) is 18.9 Å². The number of nitrogens with one attached hydrogen (secondary N) is 2. The van der Waals surface area contributed by atoms with Gasteiger partial charge in [-0.15, -0.1) is 0 Å². The highest BCUT2D eigenvalue weighted by atomic mass is 79.9. The van der Waals surface area contributed by atoms with E-state index in [2.05, 4.69) is 41.1 Å². The van der Waals surface area contributed by atoms with E-state index in [1.165, 1.54) is 21.3 Å². The van der Waals surface area contributed by atoms with Crippen LogP contribution in [-0.2, 0) is 23.7 Å². The standard InChI is InChI=1S/C17H24N2O4.C12H16N2O2.C9H18N2O2.C8H7BrO2/c1-17(2,3)23-16(21)19-10-8-18(9-11-19)14-7-5-6-13(12-14)15(20)22-4;1-16-12(15)10-3-2-4-11(9-10)14-7-5-13-6-8-14;1-9(2,3)13-8(12)11-6-4-10-5-7-11;1-11-8(10)6-3-2-4-7(9)5-6/h5-7,12H,8-11H2,1-4H3;2-4,9,13H,5-8H2,1H3;10H,4-7H2,1-3H3;2-5H,1H3. The van der Waals surface area contributed by atoms with Crippen molar-refractivity contribution in [1.29, 1.82) is 0 Å². The lowest BCUT2D eigenvalue weighted by Crippen LogP contribution is -2.50. The van der Waals surface area contributed by atoms with Crippen LogP contribution < -0.4 is 20.4 Å². The van der Waals surface area contributed by atoms with Crippen LogP contribution in [0, 0.1) is 0 Å². The SMILES string of the molecule is CC(C)(C)OC(=O)N1CCNCC1.COC(=O)c1cccc(Br)c1.COC(=O)c1cccc(N2CCN(C(=O)OC(C)(C)C)CC2)c1.COC(=O)c1cccc(N2CCNCC2)c1. The molecule has 3 fully saturated rings. The summed E-state index contributed by atoms with van der Waals surface area (Å²) in [6.07, 6.45) is -0.477. The third-order valence-corrected chi connectivity index (χ3v) is 9.82. The Morgan fingerprint density at radius 1 is 0.492 bits per heavy atom. The van der Waals surface area contributed by atoms with Crippen LogP contribution in [0.2, 0.25) is 0 Å². The van der Waals surface area contributed by atoms with Crippen LogP contribution in [0.1, 0.15) is 72.6 Å². The Hall–Kier alpha value is -5.39. The van der Waals surface area contributed by atoms with E-state index in [1.807, 2.05) is 84.0 Å². The zero-order valence-corrected chi connectivity index (χ0v) is 39.7. The molecule has 17 heteroatoms. The number of methoxy groups -OCH3 is 3. The number of hydrogen-bond acceptors (Lipinski definition) is 14. The van der Waals surface area contributed by atoms with Gasteiger partial charge in [-0.3, -0.25) is 0 Å². The second kappa shape index (κ2) is 25.7. The topological polar surface area (TPSA) is 169 Å². The van der Waals surface area contributed by atoms with E-state index in [-0.39, 0.29) is 35.7 Å². The van der Waals surface area contributed by atoms with Crippen molar-refractivity contribution in [1.82, 2.24) is 20.4 Å². The van der Waals surface area contributed by atoms with Gasteiger partial charge >= 0.3 is 30.1 Å². The maximum atomic E-state index is 12.1. The summed E-state index contributed by atoms with van der Waals surface area (Å²) < 4.78 is 25.5. The summed E-state index contributed by atoms with van der Waals surface area (Å²) in [6, 6.07) is 22.0. The van der Waals surface area contributed by atoms with Crippen molar-refractivity contribution in [2.24, 2.45) is 0 Å². The number of piperazine rings is 3. The lowest BCUT2D eigenvalue weighted by atomic mass is 10.1. The molecule has 3 aliphatic heterocycles. The number of benzene rings is 3. The molecule has 0 aromatic heterocycles. The number of ether oxygens (including phenoxy) is 5. The molecule has 346 valence electrons. The van der Waals surface area contributed by atoms with Crippen molar-refractivity contribution < 1.29 is 47.7 Å². The van der Waals surface area contributed by atoms with Gasteiger partial charge in [0.05, 0.1) is 38.0 Å². The van der Waals surface area contributed by atoms with E-state index in [1.54, 1.807) is 40.1 Å². The Kier molecular flexibility index (Phi) is 21.2. The normalized spacial score (nSPS) is 15.1. The van der Waals surface area contributed by atoms with Gasteiger partial charge in [0.1, 0.15) is 11.2 Å². The smallest absolute Gasteiger partial charge is 0.410 e. The summed E-state index contributed by atoms with van der Waals surface area (Å²) in [7, 11) is 4.14. The monoisotopic (exact) mass is 940 g/mol. The number of hydrogen-bond donors (Lipinski definition) is 2. The quantitative estimate of drug-likeness (QED) is 0.211. The number of esters is 3. The van der Waals surface area contributed by atoms with Crippen molar-refractivity contribution in [3.63, 3.8) is 0 Å². The molecule has 0 radical (unpaired) electrons. The summed E-state index contributed by atoms with van der Waals surface area (Å²) in [6.45, 7) is 21.0. The molecule has 16 nitrogen and oxygen atoms in total. The largest absolute Gasteiger partial charge is 0.465 e. The molecule has 0 unspecified atom stereocenters. The van der Waals surface area contributed by atoms with Gasteiger partial charge in [0.25, 0.3) is 0 Å². The van der Waals surface area contributed by atoms with Gasteiger partial charge in [-0.25, -0.2) is 24.0 Å². The number of carbonyl (C=O) groups excluding carboxylic acids is 5. The number of halogens is 1. The lowest BCUT2D eigenvalue weighted by Gasteiger charge is -2.36. The summed E-state index contributed by atoms with van der Waals surface area (Å²) in [5, 5.41) is 6.48. The van der Waals surface area contributed by atoms with Gasteiger partial charge in [-0.2, -0.15) is 0 Å². The number of rotatable bonds is 5. The van der Waals surface area contributed by atoms with Gasteiger partial charge in [0.2, 0.25) is 0 Å². The fourth-order valence-electron chi connectivity index (χ4n) is 6.20. The minimum absolute atomic E-state index is 0.200. The fraction of sp³-hybridized carbons (Fsp3) is 0.500. The molecule has 0 bridgehead atoms. The second-order valence-corrected chi connectivity index (χ2v) is 17.4. The highest BCUT2D eigenvalue weighted by molar-refractivity contribution is 9.10. The molecule has 0 spiro atoms. The van der Waals surface area contributed by atoms with Crippen molar-refractivity contribution >= 4 is 57.4 Å². The predicted octanol–water partition coefficient (Wildman–Crippen LogP) is 6.48. The summed E-state index contributed by atoms with van der Waals surface area (Å²) in [4.78, 5) is 65.3. The Morgan fingerprint density at radius 3 is 1.22 bits per heavy atom. The number of amides is 2. The number of anilines is 2. The van der Waals surface area contributed by atoms with E-state index >= 15 is 0 Å². The summed E-state index contributed by atoms with van der Waals surface area (Å²) >= 11 is 3.25. The van der Waals surface area contributed by atoms with Crippen LogP contribution in [0.25, 0.3) is 0 Å². The Labute approximate surface area is 380 Å². The van der Waals surface area contributed by atoms with Crippen LogP contribution >= 0.6 is 15.9 Å². The first-order chi connectivity index (χ1) is 29.8. The Balaban J connectivity index is 0.000000233. The Bertz CT molecular complexity index is 1930. The zero-order valence-electron chi connectivity index (χ0n) is 38.2. The molecule has 3 aliphatic rings. The average molecular weight is 942 g/mol. The summed E-state index contributed by atoms with van der Waals surface area (Å²) in [5.41, 5.74) is 2.87. The van der Waals surface area contributed by atoms with Crippen LogP contribution in [0.5, 0.6) is 0 Å². The van der Waals surface area contributed by atoms with Gasteiger partial charge in [-0.1, -0.05) is 34.1 Å². The Morgan fingerprint density at radius 2 is 0.841 bits per heavy atom. The third kappa shape index (κ3) is 18.9.